The second-order valence-electron chi connectivity index (χ2n) is 5.38. The minimum absolute atomic E-state index is 0.0963. The van der Waals surface area contributed by atoms with Crippen LogP contribution in [0.5, 0.6) is 0 Å². The summed E-state index contributed by atoms with van der Waals surface area (Å²) >= 11 is 0. The smallest absolute Gasteiger partial charge is 0.251 e. The maximum absolute atomic E-state index is 11.9. The molecule has 0 aromatic rings. The van der Waals surface area contributed by atoms with Gasteiger partial charge in [-0.1, -0.05) is 5.43 Å². The van der Waals surface area contributed by atoms with Crippen LogP contribution in [-0.2, 0) is 9.59 Å². The summed E-state index contributed by atoms with van der Waals surface area (Å²) in [6.45, 7) is 0.277. The van der Waals surface area contributed by atoms with E-state index in [4.69, 9.17) is 11.5 Å². The summed E-state index contributed by atoms with van der Waals surface area (Å²) < 4.78 is 0. The van der Waals surface area contributed by atoms with Gasteiger partial charge in [0.25, 0.3) is 5.96 Å². The van der Waals surface area contributed by atoms with Crippen molar-refractivity contribution in [3.05, 3.63) is 10.1 Å². The highest BCUT2D eigenvalue weighted by atomic mass is 16.7. The van der Waals surface area contributed by atoms with Crippen LogP contribution in [0.25, 0.3) is 0 Å². The predicted octanol–water partition coefficient (Wildman–Crippen LogP) is -3.10. The van der Waals surface area contributed by atoms with Gasteiger partial charge in [0.1, 0.15) is 0 Å². The third-order valence-corrected chi connectivity index (χ3v) is 3.46. The summed E-state index contributed by atoms with van der Waals surface area (Å²) in [6, 6.07) is -1.05. The van der Waals surface area contributed by atoms with Crippen LogP contribution in [0.15, 0.2) is 4.99 Å². The summed E-state index contributed by atoms with van der Waals surface area (Å²) in [5.74, 6) is -0.947. The van der Waals surface area contributed by atoms with Gasteiger partial charge in [-0.3, -0.25) is 9.59 Å². The molecule has 136 valence electrons. The SMILES string of the molecule is NC(=NCCCC(CO)NC(=O)CN1CCC(N)C1=O)N[N+](=O)[O-]. The zero-order valence-electron chi connectivity index (χ0n) is 13.2. The van der Waals surface area contributed by atoms with E-state index in [9.17, 15) is 24.8 Å². The molecule has 0 aromatic heterocycles. The molecular weight excluding hydrogens is 322 g/mol. The van der Waals surface area contributed by atoms with Gasteiger partial charge in [-0.05, 0) is 19.3 Å². The summed E-state index contributed by atoms with van der Waals surface area (Å²) in [6.07, 6.45) is 1.39. The Bertz CT molecular complexity index is 498. The van der Waals surface area contributed by atoms with Crippen molar-refractivity contribution in [2.45, 2.75) is 31.3 Å². The number of likely N-dealkylation sites (tertiary alicyclic amines) is 1. The summed E-state index contributed by atoms with van der Waals surface area (Å²) in [7, 11) is 0. The monoisotopic (exact) mass is 345 g/mol. The molecule has 1 rings (SSSR count). The number of aliphatic hydroxyl groups is 1. The molecule has 12 nitrogen and oxygen atoms in total. The van der Waals surface area contributed by atoms with E-state index in [1.807, 2.05) is 0 Å². The average Bonchev–Trinajstić information content (AvgIpc) is 2.81. The van der Waals surface area contributed by atoms with Crippen LogP contribution in [-0.4, -0.2) is 71.1 Å². The Kier molecular flexibility index (Phi) is 7.85. The van der Waals surface area contributed by atoms with Gasteiger partial charge >= 0.3 is 0 Å². The van der Waals surface area contributed by atoms with E-state index in [2.05, 4.69) is 10.3 Å². The highest BCUT2D eigenvalue weighted by Crippen LogP contribution is 2.08. The first kappa shape index (κ1) is 19.6. The maximum Gasteiger partial charge on any atom is 0.251 e. The number of hydrogen-bond donors (Lipinski definition) is 5. The normalized spacial score (nSPS) is 19.2. The van der Waals surface area contributed by atoms with Gasteiger partial charge in [-0.15, -0.1) is 0 Å². The number of carbonyl (C=O) groups is 2. The standard InChI is InChI=1S/C12H23N7O5/c13-9-3-5-18(11(9)22)6-10(21)16-8(7-20)2-1-4-15-12(14)17-19(23)24/h8-9,20H,1-7,13H2,(H,16,21)(H3,14,15,17). The zero-order chi connectivity index (χ0) is 18.1. The molecule has 2 unspecified atom stereocenters. The largest absolute Gasteiger partial charge is 0.394 e. The summed E-state index contributed by atoms with van der Waals surface area (Å²) in [5, 5.41) is 21.2. The van der Waals surface area contributed by atoms with Crippen LogP contribution < -0.4 is 22.2 Å². The van der Waals surface area contributed by atoms with Gasteiger partial charge in [0.2, 0.25) is 11.8 Å². The number of carbonyl (C=O) groups excluding carboxylic acids is 2. The number of nitrogens with zero attached hydrogens (tertiary/aromatic N) is 3. The zero-order valence-corrected chi connectivity index (χ0v) is 13.2. The average molecular weight is 345 g/mol. The molecule has 1 aliphatic heterocycles. The molecule has 1 aliphatic rings. The number of rotatable bonds is 9. The highest BCUT2D eigenvalue weighted by Gasteiger charge is 2.29. The van der Waals surface area contributed by atoms with Gasteiger partial charge in [-0.2, -0.15) is 0 Å². The van der Waals surface area contributed by atoms with Crippen molar-refractivity contribution in [3.8, 4) is 0 Å². The van der Waals surface area contributed by atoms with E-state index in [1.165, 1.54) is 4.90 Å². The second kappa shape index (κ2) is 9.62. The first-order valence-electron chi connectivity index (χ1n) is 7.49. The number of nitrogens with two attached hydrogens (primary N) is 2. The Hall–Kier alpha value is -2.47. The molecular formula is C12H23N7O5. The Morgan fingerprint density at radius 1 is 1.58 bits per heavy atom. The number of nitrogens with one attached hydrogen (secondary N) is 2. The van der Waals surface area contributed by atoms with Crippen LogP contribution in [0.2, 0.25) is 0 Å². The van der Waals surface area contributed by atoms with Crippen molar-refractivity contribution in [2.75, 3.05) is 26.2 Å². The minimum atomic E-state index is -0.818. The third kappa shape index (κ3) is 6.75. The Balaban J connectivity index is 2.30. The molecule has 0 spiro atoms. The fraction of sp³-hybridized carbons (Fsp3) is 0.750. The number of nitro groups is 1. The highest BCUT2D eigenvalue weighted by molar-refractivity contribution is 5.88. The van der Waals surface area contributed by atoms with Crippen LogP contribution in [0.1, 0.15) is 19.3 Å². The molecule has 1 fully saturated rings. The molecule has 0 saturated carbocycles. The van der Waals surface area contributed by atoms with Crippen molar-refractivity contribution in [2.24, 2.45) is 16.5 Å². The molecule has 0 radical (unpaired) electrons. The van der Waals surface area contributed by atoms with E-state index < -0.39 is 17.1 Å². The molecule has 2 atom stereocenters. The number of aliphatic imine (C=N–C) groups is 1. The van der Waals surface area contributed by atoms with Gasteiger partial charge in [0.05, 0.1) is 25.2 Å². The topological polar surface area (TPSA) is 189 Å². The van der Waals surface area contributed by atoms with Crippen LogP contribution >= 0.6 is 0 Å². The number of aliphatic hydroxyl groups excluding tert-OH is 1. The van der Waals surface area contributed by atoms with E-state index in [0.717, 1.165) is 0 Å². The van der Waals surface area contributed by atoms with Gasteiger partial charge in [0.15, 0.2) is 5.03 Å². The third-order valence-electron chi connectivity index (χ3n) is 3.46. The van der Waals surface area contributed by atoms with E-state index in [-0.39, 0.29) is 37.5 Å². The molecule has 2 amide bonds. The molecule has 12 heteroatoms. The Morgan fingerprint density at radius 3 is 2.83 bits per heavy atom. The Labute approximate surface area is 138 Å². The quantitative estimate of drug-likeness (QED) is 0.0954. The van der Waals surface area contributed by atoms with Gasteiger partial charge in [0, 0.05) is 13.1 Å². The lowest BCUT2D eigenvalue weighted by atomic mass is 10.1. The van der Waals surface area contributed by atoms with Crippen LogP contribution in [0.3, 0.4) is 0 Å². The molecule has 1 saturated heterocycles. The fourth-order valence-corrected chi connectivity index (χ4v) is 2.24. The Morgan fingerprint density at radius 2 is 2.29 bits per heavy atom. The number of amides is 2. The van der Waals surface area contributed by atoms with E-state index in [0.29, 0.717) is 25.8 Å². The van der Waals surface area contributed by atoms with Crippen molar-refractivity contribution in [1.29, 1.82) is 0 Å². The lowest BCUT2D eigenvalue weighted by Crippen LogP contribution is -2.45. The fourth-order valence-electron chi connectivity index (χ4n) is 2.24. The van der Waals surface area contributed by atoms with Crippen LogP contribution in [0, 0.1) is 10.1 Å². The first-order valence-corrected chi connectivity index (χ1v) is 7.49. The number of hydrogen-bond acceptors (Lipinski definition) is 7. The second-order valence-corrected chi connectivity index (χ2v) is 5.38. The molecule has 0 aliphatic carbocycles. The summed E-state index contributed by atoms with van der Waals surface area (Å²) in [5.41, 5.74) is 12.5. The lowest BCUT2D eigenvalue weighted by Gasteiger charge is -2.19. The maximum atomic E-state index is 11.9. The summed E-state index contributed by atoms with van der Waals surface area (Å²) in [4.78, 5) is 38.8. The first-order chi connectivity index (χ1) is 11.3. The van der Waals surface area contributed by atoms with Crippen molar-refractivity contribution < 1.29 is 19.7 Å². The van der Waals surface area contributed by atoms with Gasteiger partial charge < -0.3 is 26.8 Å². The molecule has 24 heavy (non-hydrogen) atoms. The van der Waals surface area contributed by atoms with Gasteiger partial charge in [-0.25, -0.2) is 15.1 Å². The molecule has 0 bridgehead atoms. The van der Waals surface area contributed by atoms with E-state index in [1.54, 1.807) is 5.43 Å². The molecule has 1 heterocycles. The molecule has 7 N–H and O–H groups in total. The molecule has 0 aromatic carbocycles. The van der Waals surface area contributed by atoms with Crippen molar-refractivity contribution in [1.82, 2.24) is 15.6 Å². The van der Waals surface area contributed by atoms with Crippen molar-refractivity contribution in [3.63, 3.8) is 0 Å². The van der Waals surface area contributed by atoms with Crippen molar-refractivity contribution >= 4 is 17.8 Å². The van der Waals surface area contributed by atoms with Crippen LogP contribution in [0.4, 0.5) is 0 Å². The van der Waals surface area contributed by atoms with E-state index >= 15 is 0 Å². The lowest BCUT2D eigenvalue weighted by molar-refractivity contribution is -0.525. The number of hydrazine groups is 1. The number of guanidine groups is 1. The predicted molar refractivity (Wildman–Crippen MR) is 84.0 cm³/mol. The minimum Gasteiger partial charge on any atom is -0.394 e.